The standard InChI is InChI=1S/C9H18F6N3O3P3/c1-22(2)16-23(3,19-4-7(10)11)18-24(17-22,20-5-8(12)13)21-6-9(14)15/h7-9H,4-6H2,1-3H3. The summed E-state index contributed by atoms with van der Waals surface area (Å²) in [6.07, 6.45) is -8.62. The first-order chi connectivity index (χ1) is 10.9. The van der Waals surface area contributed by atoms with Crippen LogP contribution in [-0.2, 0) is 13.6 Å². The molecule has 1 unspecified atom stereocenters. The first kappa shape index (κ1) is 22.2. The highest BCUT2D eigenvalue weighted by molar-refractivity contribution is 7.82. The van der Waals surface area contributed by atoms with Gasteiger partial charge < -0.3 is 13.6 Å². The van der Waals surface area contributed by atoms with E-state index in [0.29, 0.717) is 0 Å². The summed E-state index contributed by atoms with van der Waals surface area (Å²) in [6.45, 7) is 1.09. The van der Waals surface area contributed by atoms with Crippen molar-refractivity contribution in [2.24, 2.45) is 13.5 Å². The molecule has 0 fully saturated rings. The zero-order chi connectivity index (χ0) is 18.6. The fourth-order valence-electron chi connectivity index (χ4n) is 1.64. The molecule has 0 amide bonds. The maximum atomic E-state index is 12.5. The fraction of sp³-hybridized carbons (Fsp3) is 1.00. The lowest BCUT2D eigenvalue weighted by Gasteiger charge is -2.30. The second kappa shape index (κ2) is 8.69. The Balaban J connectivity index is 3.29. The van der Waals surface area contributed by atoms with Crippen LogP contribution in [0.25, 0.3) is 0 Å². The van der Waals surface area contributed by atoms with E-state index < -0.39 is 61.4 Å². The lowest BCUT2D eigenvalue weighted by Crippen LogP contribution is -2.09. The Morgan fingerprint density at radius 3 is 1.50 bits per heavy atom. The molecule has 0 saturated heterocycles. The van der Waals surface area contributed by atoms with E-state index >= 15 is 0 Å². The van der Waals surface area contributed by atoms with Gasteiger partial charge in [-0.05, 0) is 13.3 Å². The third-order valence-corrected chi connectivity index (χ3v) is 11.8. The predicted molar refractivity (Wildman–Crippen MR) is 81.7 cm³/mol. The van der Waals surface area contributed by atoms with Gasteiger partial charge in [-0.2, -0.15) is 9.03 Å². The number of hydrogen-bond donors (Lipinski definition) is 0. The van der Waals surface area contributed by atoms with Crippen molar-refractivity contribution in [3.8, 4) is 0 Å². The summed E-state index contributed by atoms with van der Waals surface area (Å²) < 4.78 is 102. The summed E-state index contributed by atoms with van der Waals surface area (Å²) in [5, 5.41) is 0. The van der Waals surface area contributed by atoms with Crippen molar-refractivity contribution < 1.29 is 39.9 Å². The van der Waals surface area contributed by atoms with Crippen LogP contribution >= 0.6 is 22.3 Å². The molecular formula is C9H18F6N3O3P3. The Morgan fingerprint density at radius 2 is 1.08 bits per heavy atom. The summed E-state index contributed by atoms with van der Waals surface area (Å²) in [4.78, 5) is 0. The van der Waals surface area contributed by atoms with Crippen molar-refractivity contribution >= 4 is 22.3 Å². The first-order valence-electron chi connectivity index (χ1n) is 6.49. The van der Waals surface area contributed by atoms with Gasteiger partial charge in [-0.3, -0.25) is 0 Å². The number of hydrogen-bond acceptors (Lipinski definition) is 6. The van der Waals surface area contributed by atoms with Crippen molar-refractivity contribution in [3.05, 3.63) is 0 Å². The lowest BCUT2D eigenvalue weighted by atomic mass is 10.8. The molecule has 0 aromatic rings. The highest BCUT2D eigenvalue weighted by Crippen LogP contribution is 2.76. The Morgan fingerprint density at radius 1 is 0.667 bits per heavy atom. The molecule has 0 saturated carbocycles. The molecule has 1 heterocycles. The summed E-state index contributed by atoms with van der Waals surface area (Å²) in [6, 6.07) is 0. The van der Waals surface area contributed by atoms with Crippen LogP contribution in [0.1, 0.15) is 0 Å². The maximum absolute atomic E-state index is 12.5. The van der Waals surface area contributed by atoms with Crippen LogP contribution < -0.4 is 0 Å². The molecular weight excluding hydrogens is 405 g/mol. The van der Waals surface area contributed by atoms with Crippen LogP contribution in [0.4, 0.5) is 26.3 Å². The molecule has 0 N–H and O–H groups in total. The first-order valence-corrected chi connectivity index (χ1v) is 12.7. The van der Waals surface area contributed by atoms with E-state index in [2.05, 4.69) is 13.5 Å². The molecule has 1 rings (SSSR count). The lowest BCUT2D eigenvalue weighted by molar-refractivity contribution is 0.0552. The second-order valence-electron chi connectivity index (χ2n) is 4.99. The molecule has 1 aliphatic rings. The summed E-state index contributed by atoms with van der Waals surface area (Å²) in [5.41, 5.74) is 0. The Hall–Kier alpha value is 0.150. The van der Waals surface area contributed by atoms with Gasteiger partial charge in [0.25, 0.3) is 19.3 Å². The van der Waals surface area contributed by atoms with Crippen molar-refractivity contribution in [1.82, 2.24) is 0 Å². The normalized spacial score (nSPS) is 25.5. The zero-order valence-electron chi connectivity index (χ0n) is 13.0. The van der Waals surface area contributed by atoms with Crippen molar-refractivity contribution in [2.45, 2.75) is 19.3 Å². The van der Waals surface area contributed by atoms with Gasteiger partial charge in [0.1, 0.15) is 19.8 Å². The van der Waals surface area contributed by atoms with E-state index in [9.17, 15) is 26.3 Å². The minimum Gasteiger partial charge on any atom is -0.321 e. The third-order valence-electron chi connectivity index (χ3n) is 2.18. The molecule has 0 radical (unpaired) electrons. The summed E-state index contributed by atoms with van der Waals surface area (Å²) in [7, 11) is -9.74. The van der Waals surface area contributed by atoms with Crippen LogP contribution in [0.5, 0.6) is 0 Å². The van der Waals surface area contributed by atoms with Crippen molar-refractivity contribution in [2.75, 3.05) is 39.8 Å². The van der Waals surface area contributed by atoms with Crippen LogP contribution in [-0.4, -0.2) is 59.1 Å². The molecule has 1 atom stereocenters. The van der Waals surface area contributed by atoms with Gasteiger partial charge in [0.05, 0.1) is 7.21 Å². The fourth-order valence-corrected chi connectivity index (χ4v) is 12.5. The van der Waals surface area contributed by atoms with Crippen LogP contribution in [0.2, 0.25) is 0 Å². The van der Waals surface area contributed by atoms with E-state index in [1.807, 2.05) is 0 Å². The van der Waals surface area contributed by atoms with Crippen LogP contribution in [0, 0.1) is 0 Å². The van der Waals surface area contributed by atoms with Gasteiger partial charge in [-0.25, -0.2) is 30.9 Å². The summed E-state index contributed by atoms with van der Waals surface area (Å²) in [5.74, 6) is 0. The van der Waals surface area contributed by atoms with E-state index in [4.69, 9.17) is 13.6 Å². The number of rotatable bonds is 9. The number of alkyl halides is 6. The molecule has 0 aliphatic carbocycles. The van der Waals surface area contributed by atoms with E-state index in [-0.39, 0.29) is 0 Å². The molecule has 144 valence electrons. The van der Waals surface area contributed by atoms with Gasteiger partial charge in [0, 0.05) is 6.66 Å². The minimum absolute atomic E-state index is 0.985. The van der Waals surface area contributed by atoms with Gasteiger partial charge in [0.2, 0.25) is 7.43 Å². The topological polar surface area (TPSA) is 64.8 Å². The molecule has 0 aromatic heterocycles. The molecule has 24 heavy (non-hydrogen) atoms. The predicted octanol–water partition coefficient (Wildman–Crippen LogP) is 5.83. The van der Waals surface area contributed by atoms with E-state index in [1.165, 1.54) is 20.0 Å². The summed E-state index contributed by atoms with van der Waals surface area (Å²) >= 11 is 0. The molecule has 0 aromatic carbocycles. The zero-order valence-corrected chi connectivity index (χ0v) is 15.7. The second-order valence-corrected chi connectivity index (χ2v) is 13.2. The highest BCUT2D eigenvalue weighted by Gasteiger charge is 2.35. The highest BCUT2D eigenvalue weighted by atomic mass is 31.3. The number of halogens is 6. The van der Waals surface area contributed by atoms with E-state index in [0.717, 1.165) is 0 Å². The maximum Gasteiger partial charge on any atom is 0.343 e. The SMILES string of the molecule is CP1(C)=NP(C)(OCC(F)F)=NP(OCC(F)F)(OCC(F)F)=N1. The van der Waals surface area contributed by atoms with Gasteiger partial charge in [-0.1, -0.05) is 0 Å². The quantitative estimate of drug-likeness (QED) is 0.346. The molecule has 15 heteroatoms. The van der Waals surface area contributed by atoms with E-state index in [1.54, 1.807) is 0 Å². The van der Waals surface area contributed by atoms with Gasteiger partial charge in [-0.15, -0.1) is 0 Å². The van der Waals surface area contributed by atoms with Crippen LogP contribution in [0.3, 0.4) is 0 Å². The van der Waals surface area contributed by atoms with Gasteiger partial charge in [0.15, 0.2) is 0 Å². The minimum atomic E-state index is -3.88. The Labute approximate surface area is 135 Å². The van der Waals surface area contributed by atoms with Crippen molar-refractivity contribution in [1.29, 1.82) is 0 Å². The molecule has 1 aliphatic heterocycles. The van der Waals surface area contributed by atoms with Crippen LogP contribution in [0.15, 0.2) is 13.5 Å². The Kier molecular flexibility index (Phi) is 8.04. The molecule has 0 bridgehead atoms. The smallest absolute Gasteiger partial charge is 0.321 e. The average Bonchev–Trinajstić information content (AvgIpc) is 2.39. The largest absolute Gasteiger partial charge is 0.343 e. The molecule has 0 spiro atoms. The Bertz CT molecular complexity index is 578. The number of nitrogens with zero attached hydrogens (tertiary/aromatic N) is 3. The van der Waals surface area contributed by atoms with Crippen molar-refractivity contribution in [3.63, 3.8) is 0 Å². The van der Waals surface area contributed by atoms with Gasteiger partial charge >= 0.3 is 7.66 Å². The molecule has 6 nitrogen and oxygen atoms in total. The monoisotopic (exact) mass is 423 g/mol. The average molecular weight is 423 g/mol. The third kappa shape index (κ3) is 7.58.